The van der Waals surface area contributed by atoms with E-state index in [2.05, 4.69) is 4.72 Å². The summed E-state index contributed by atoms with van der Waals surface area (Å²) in [6, 6.07) is 11.7. The fourth-order valence-corrected chi connectivity index (χ4v) is 4.24. The molecule has 2 amide bonds. The molecule has 0 spiro atoms. The molecule has 1 aliphatic heterocycles. The van der Waals surface area contributed by atoms with Gasteiger partial charge in [-0.2, -0.15) is 0 Å². The van der Waals surface area contributed by atoms with E-state index in [9.17, 15) is 22.8 Å². The second kappa shape index (κ2) is 11.5. The summed E-state index contributed by atoms with van der Waals surface area (Å²) in [5, 5.41) is 0.142. The van der Waals surface area contributed by atoms with Crippen LogP contribution < -0.4 is 14.4 Å². The summed E-state index contributed by atoms with van der Waals surface area (Å²) in [6.07, 6.45) is 1.05. The molecule has 0 radical (unpaired) electrons. The van der Waals surface area contributed by atoms with Gasteiger partial charge in [-0.05, 0) is 29.8 Å². The first-order valence-electron chi connectivity index (χ1n) is 10.7. The smallest absolute Gasteiger partial charge is 0.302 e. The molecule has 0 fully saturated rings. The Balaban J connectivity index is 1.78. The Morgan fingerprint density at radius 1 is 1.11 bits per heavy atom. The van der Waals surface area contributed by atoms with Gasteiger partial charge in [-0.3, -0.25) is 19.3 Å². The van der Waals surface area contributed by atoms with Gasteiger partial charge in [-0.1, -0.05) is 29.8 Å². The second-order valence-electron chi connectivity index (χ2n) is 7.83. The SMILES string of the molecule is CC(=O)OCCOc1ccc(C(=O)N2CC(=O)N(CCNS(C)(=O)=O)Cc3ccccc32)c(Cl)c1. The van der Waals surface area contributed by atoms with Crippen LogP contribution in [0, 0.1) is 0 Å². The number of esters is 1. The number of hydrogen-bond acceptors (Lipinski definition) is 7. The molecule has 1 heterocycles. The molecule has 35 heavy (non-hydrogen) atoms. The fraction of sp³-hybridized carbons (Fsp3) is 0.348. The number of hydrogen-bond donors (Lipinski definition) is 1. The van der Waals surface area contributed by atoms with Crippen molar-refractivity contribution in [1.82, 2.24) is 9.62 Å². The Morgan fingerprint density at radius 3 is 2.54 bits per heavy atom. The van der Waals surface area contributed by atoms with Crippen LogP contribution in [-0.4, -0.2) is 70.2 Å². The number of nitrogens with zero attached hydrogens (tertiary/aromatic N) is 2. The average Bonchev–Trinajstić information content (AvgIpc) is 2.92. The topological polar surface area (TPSA) is 122 Å². The van der Waals surface area contributed by atoms with E-state index in [0.717, 1.165) is 11.8 Å². The standard InChI is InChI=1S/C23H26ClN3O7S/c1-16(28)33-11-12-34-18-7-8-19(20(24)13-18)23(30)27-15-22(29)26(10-9-25-35(2,31)32)14-17-5-3-4-6-21(17)27/h3-8,13,25H,9-12,14-15H2,1-2H3. The van der Waals surface area contributed by atoms with Gasteiger partial charge in [-0.15, -0.1) is 0 Å². The van der Waals surface area contributed by atoms with Crippen molar-refractivity contribution >= 4 is 45.1 Å². The zero-order valence-corrected chi connectivity index (χ0v) is 20.9. The van der Waals surface area contributed by atoms with Gasteiger partial charge in [0.2, 0.25) is 15.9 Å². The predicted molar refractivity (Wildman–Crippen MR) is 130 cm³/mol. The van der Waals surface area contributed by atoms with E-state index in [-0.39, 0.29) is 55.9 Å². The van der Waals surface area contributed by atoms with E-state index in [0.29, 0.717) is 11.4 Å². The van der Waals surface area contributed by atoms with Crippen LogP contribution in [0.2, 0.25) is 5.02 Å². The maximum Gasteiger partial charge on any atom is 0.302 e. The van der Waals surface area contributed by atoms with Crippen LogP contribution in [0.1, 0.15) is 22.8 Å². The van der Waals surface area contributed by atoms with Crippen molar-refractivity contribution < 1.29 is 32.3 Å². The number of rotatable bonds is 9. The van der Waals surface area contributed by atoms with E-state index in [1.54, 1.807) is 24.3 Å². The first-order chi connectivity index (χ1) is 16.5. The molecule has 3 rings (SSSR count). The van der Waals surface area contributed by atoms with E-state index in [4.69, 9.17) is 21.1 Å². The van der Waals surface area contributed by atoms with Gasteiger partial charge in [0.1, 0.15) is 25.5 Å². The minimum absolute atomic E-state index is 0.0609. The molecule has 188 valence electrons. The normalized spacial score (nSPS) is 13.7. The van der Waals surface area contributed by atoms with Crippen molar-refractivity contribution in [3.05, 3.63) is 58.6 Å². The minimum Gasteiger partial charge on any atom is -0.490 e. The summed E-state index contributed by atoms with van der Waals surface area (Å²) in [4.78, 5) is 40.1. The largest absolute Gasteiger partial charge is 0.490 e. The lowest BCUT2D eigenvalue weighted by Crippen LogP contribution is -2.42. The van der Waals surface area contributed by atoms with Crippen molar-refractivity contribution in [2.24, 2.45) is 0 Å². The molecule has 0 aromatic heterocycles. The van der Waals surface area contributed by atoms with Crippen LogP contribution in [0.4, 0.5) is 5.69 Å². The zero-order chi connectivity index (χ0) is 25.6. The van der Waals surface area contributed by atoms with Crippen molar-refractivity contribution in [3.8, 4) is 5.75 Å². The number of sulfonamides is 1. The molecular weight excluding hydrogens is 498 g/mol. The van der Waals surface area contributed by atoms with E-state index >= 15 is 0 Å². The quantitative estimate of drug-likeness (QED) is 0.393. The molecule has 2 aromatic carbocycles. The third-order valence-electron chi connectivity index (χ3n) is 5.11. The van der Waals surface area contributed by atoms with Crippen LogP contribution >= 0.6 is 11.6 Å². The third-order valence-corrected chi connectivity index (χ3v) is 6.15. The van der Waals surface area contributed by atoms with Gasteiger partial charge in [0.05, 0.1) is 16.8 Å². The van der Waals surface area contributed by atoms with Crippen LogP contribution in [0.5, 0.6) is 5.75 Å². The monoisotopic (exact) mass is 523 g/mol. The molecule has 2 aromatic rings. The highest BCUT2D eigenvalue weighted by Crippen LogP contribution is 2.30. The molecule has 0 unspecified atom stereocenters. The molecule has 0 saturated heterocycles. The Bertz CT molecular complexity index is 1220. The molecule has 10 nitrogen and oxygen atoms in total. The van der Waals surface area contributed by atoms with E-state index in [1.165, 1.54) is 28.9 Å². The van der Waals surface area contributed by atoms with Gasteiger partial charge in [0.25, 0.3) is 5.91 Å². The molecular formula is C23H26ClN3O7S. The molecule has 0 saturated carbocycles. The highest BCUT2D eigenvalue weighted by Gasteiger charge is 2.30. The van der Waals surface area contributed by atoms with E-state index < -0.39 is 21.9 Å². The molecule has 1 N–H and O–H groups in total. The van der Waals surface area contributed by atoms with Gasteiger partial charge in [-0.25, -0.2) is 13.1 Å². The summed E-state index contributed by atoms with van der Waals surface area (Å²) >= 11 is 6.38. The Morgan fingerprint density at radius 2 is 1.86 bits per heavy atom. The van der Waals surface area contributed by atoms with Crippen LogP contribution in [-0.2, 0) is 30.9 Å². The first kappa shape index (κ1) is 26.5. The fourth-order valence-electron chi connectivity index (χ4n) is 3.52. The lowest BCUT2D eigenvalue weighted by Gasteiger charge is -2.23. The van der Waals surface area contributed by atoms with Crippen LogP contribution in [0.3, 0.4) is 0 Å². The van der Waals surface area contributed by atoms with Gasteiger partial charge < -0.3 is 14.4 Å². The van der Waals surface area contributed by atoms with Gasteiger partial charge >= 0.3 is 5.97 Å². The van der Waals surface area contributed by atoms with Gasteiger partial charge in [0, 0.05) is 32.2 Å². The maximum absolute atomic E-state index is 13.5. The number of anilines is 1. The number of amides is 2. The summed E-state index contributed by atoms with van der Waals surface area (Å²) < 4.78 is 35.4. The highest BCUT2D eigenvalue weighted by atomic mass is 35.5. The third kappa shape index (κ3) is 7.41. The molecule has 0 atom stereocenters. The number of ether oxygens (including phenoxy) is 2. The van der Waals surface area contributed by atoms with Gasteiger partial charge in [0.15, 0.2) is 0 Å². The Kier molecular flexibility index (Phi) is 8.71. The highest BCUT2D eigenvalue weighted by molar-refractivity contribution is 7.88. The lowest BCUT2D eigenvalue weighted by atomic mass is 10.1. The van der Waals surface area contributed by atoms with Crippen molar-refractivity contribution in [2.75, 3.05) is 44.0 Å². The summed E-state index contributed by atoms with van der Waals surface area (Å²) in [5.41, 5.74) is 1.50. The van der Waals surface area contributed by atoms with Crippen molar-refractivity contribution in [3.63, 3.8) is 0 Å². The van der Waals surface area contributed by atoms with E-state index in [1.807, 2.05) is 6.07 Å². The maximum atomic E-state index is 13.5. The number of carbonyl (C=O) groups excluding carboxylic acids is 3. The molecule has 0 bridgehead atoms. The number of fused-ring (bicyclic) bond motifs is 1. The second-order valence-corrected chi connectivity index (χ2v) is 10.1. The number of nitrogens with one attached hydrogen (secondary N) is 1. The number of benzene rings is 2. The Hall–Kier alpha value is -3.15. The Labute approximate surface area is 208 Å². The minimum atomic E-state index is -3.39. The van der Waals surface area contributed by atoms with Crippen LogP contribution in [0.25, 0.3) is 0 Å². The molecule has 12 heteroatoms. The average molecular weight is 524 g/mol. The summed E-state index contributed by atoms with van der Waals surface area (Å²) in [6.45, 7) is 1.72. The number of halogens is 1. The van der Waals surface area contributed by atoms with Crippen LogP contribution in [0.15, 0.2) is 42.5 Å². The van der Waals surface area contributed by atoms with Crippen molar-refractivity contribution in [1.29, 1.82) is 0 Å². The number of carbonyl (C=O) groups is 3. The lowest BCUT2D eigenvalue weighted by molar-refractivity contribution is -0.141. The van der Waals surface area contributed by atoms with Crippen molar-refractivity contribution in [2.45, 2.75) is 13.5 Å². The first-order valence-corrected chi connectivity index (χ1v) is 13.0. The number of para-hydroxylation sites is 1. The predicted octanol–water partition coefficient (Wildman–Crippen LogP) is 1.82. The molecule has 0 aliphatic carbocycles. The zero-order valence-electron chi connectivity index (χ0n) is 19.3. The molecule has 1 aliphatic rings. The summed E-state index contributed by atoms with van der Waals surface area (Å²) in [7, 11) is -3.39. The summed E-state index contributed by atoms with van der Waals surface area (Å²) in [5.74, 6) is -0.801.